The van der Waals surface area contributed by atoms with E-state index < -0.39 is 6.10 Å². The Hall–Kier alpha value is -2.87. The van der Waals surface area contributed by atoms with Crippen molar-refractivity contribution in [2.75, 3.05) is 5.32 Å². The van der Waals surface area contributed by atoms with Crippen molar-refractivity contribution < 1.29 is 9.90 Å². The van der Waals surface area contributed by atoms with Gasteiger partial charge in [-0.25, -0.2) is 4.98 Å². The zero-order valence-electron chi connectivity index (χ0n) is 15.5. The van der Waals surface area contributed by atoms with Crippen molar-refractivity contribution in [3.63, 3.8) is 0 Å². The third-order valence-electron chi connectivity index (χ3n) is 4.42. The van der Waals surface area contributed by atoms with Gasteiger partial charge in [-0.15, -0.1) is 0 Å². The highest BCUT2D eigenvalue weighted by molar-refractivity contribution is 7.22. The Balaban J connectivity index is 1.52. The Bertz CT molecular complexity index is 1140. The number of hydrogen-bond acceptors (Lipinski definition) is 6. The molecule has 1 atom stereocenters. The first-order valence-electron chi connectivity index (χ1n) is 9.02. The second-order valence-corrected chi connectivity index (χ2v) is 7.83. The van der Waals surface area contributed by atoms with Crippen LogP contribution in [0.25, 0.3) is 21.6 Å². The monoisotopic (exact) mass is 424 g/mol. The second-order valence-electron chi connectivity index (χ2n) is 6.40. The molecule has 29 heavy (non-hydrogen) atoms. The van der Waals surface area contributed by atoms with Gasteiger partial charge in [0, 0.05) is 18.0 Å². The van der Waals surface area contributed by atoms with Crippen molar-refractivity contribution in [3.05, 3.63) is 71.0 Å². The van der Waals surface area contributed by atoms with Crippen LogP contribution < -0.4 is 5.32 Å². The van der Waals surface area contributed by atoms with Crippen LogP contribution >= 0.6 is 22.9 Å². The standard InChI is InChI=1S/C21H17ClN4O2S/c1-2-17(27)13-9-14(22)19(24-11-13)16-8-7-12(10-23-16)20(28)26-21-25-15-5-3-4-6-18(15)29-21/h3-11,17,27H,2H2,1H3,(H,25,26,28)/t17-/m1/s1. The highest BCUT2D eigenvalue weighted by Gasteiger charge is 2.14. The Kier molecular flexibility index (Phi) is 5.53. The zero-order chi connectivity index (χ0) is 20.4. The number of amides is 1. The number of halogens is 1. The molecule has 2 N–H and O–H groups in total. The molecule has 146 valence electrons. The summed E-state index contributed by atoms with van der Waals surface area (Å²) in [5.74, 6) is -0.288. The molecule has 0 aliphatic heterocycles. The summed E-state index contributed by atoms with van der Waals surface area (Å²) in [6.07, 6.45) is 3.04. The molecule has 1 amide bonds. The van der Waals surface area contributed by atoms with Gasteiger partial charge in [-0.05, 0) is 36.8 Å². The van der Waals surface area contributed by atoms with Gasteiger partial charge in [0.05, 0.1) is 32.6 Å². The number of aliphatic hydroxyl groups excluding tert-OH is 1. The van der Waals surface area contributed by atoms with E-state index in [4.69, 9.17) is 11.6 Å². The lowest BCUT2D eigenvalue weighted by molar-refractivity contribution is 0.102. The van der Waals surface area contributed by atoms with Crippen LogP contribution in [0.5, 0.6) is 0 Å². The SMILES string of the molecule is CC[C@@H](O)c1cnc(-c2ccc(C(=O)Nc3nc4ccccc4s3)cn2)c(Cl)c1. The van der Waals surface area contributed by atoms with Gasteiger partial charge < -0.3 is 5.11 Å². The van der Waals surface area contributed by atoms with Gasteiger partial charge in [0.25, 0.3) is 5.91 Å². The van der Waals surface area contributed by atoms with E-state index in [2.05, 4.69) is 20.3 Å². The van der Waals surface area contributed by atoms with Crippen molar-refractivity contribution in [2.24, 2.45) is 0 Å². The maximum absolute atomic E-state index is 12.5. The predicted octanol–water partition coefficient (Wildman–Crippen LogP) is 5.10. The molecule has 0 bridgehead atoms. The predicted molar refractivity (Wildman–Crippen MR) is 115 cm³/mol. The topological polar surface area (TPSA) is 88.0 Å². The molecule has 0 saturated heterocycles. The number of benzene rings is 1. The van der Waals surface area contributed by atoms with Crippen molar-refractivity contribution >= 4 is 44.2 Å². The van der Waals surface area contributed by atoms with E-state index in [1.165, 1.54) is 17.5 Å². The maximum atomic E-state index is 12.5. The van der Waals surface area contributed by atoms with Crippen LogP contribution in [0.3, 0.4) is 0 Å². The zero-order valence-corrected chi connectivity index (χ0v) is 17.0. The molecule has 1 aromatic carbocycles. The molecule has 3 aromatic heterocycles. The van der Waals surface area contributed by atoms with Crippen LogP contribution in [-0.4, -0.2) is 26.0 Å². The summed E-state index contributed by atoms with van der Waals surface area (Å²) in [7, 11) is 0. The van der Waals surface area contributed by atoms with Gasteiger partial charge in [0.1, 0.15) is 5.69 Å². The fourth-order valence-corrected chi connectivity index (χ4v) is 3.95. The van der Waals surface area contributed by atoms with Crippen molar-refractivity contribution in [2.45, 2.75) is 19.4 Å². The summed E-state index contributed by atoms with van der Waals surface area (Å²) in [4.78, 5) is 25.6. The van der Waals surface area contributed by atoms with Crippen molar-refractivity contribution in [1.82, 2.24) is 15.0 Å². The minimum atomic E-state index is -0.601. The average molecular weight is 425 g/mol. The van der Waals surface area contributed by atoms with Crippen LogP contribution in [0, 0.1) is 0 Å². The number of pyridine rings is 2. The Morgan fingerprint density at radius 1 is 1.21 bits per heavy atom. The number of rotatable bonds is 5. The molecular formula is C21H17ClN4O2S. The highest BCUT2D eigenvalue weighted by Crippen LogP contribution is 2.28. The number of nitrogens with one attached hydrogen (secondary N) is 1. The second kappa shape index (κ2) is 8.24. The van der Waals surface area contributed by atoms with E-state index in [0.717, 1.165) is 10.2 Å². The molecule has 0 saturated carbocycles. The van der Waals surface area contributed by atoms with Gasteiger partial charge >= 0.3 is 0 Å². The minimum absolute atomic E-state index is 0.288. The number of carbonyl (C=O) groups is 1. The minimum Gasteiger partial charge on any atom is -0.388 e. The number of thiazole rings is 1. The molecule has 0 aliphatic carbocycles. The summed E-state index contributed by atoms with van der Waals surface area (Å²) < 4.78 is 1.01. The van der Waals surface area contributed by atoms with Gasteiger partial charge in [-0.3, -0.25) is 20.1 Å². The Morgan fingerprint density at radius 2 is 2.03 bits per heavy atom. The first-order valence-corrected chi connectivity index (χ1v) is 10.2. The third kappa shape index (κ3) is 4.12. The number of para-hydroxylation sites is 1. The first-order chi connectivity index (χ1) is 14.0. The Morgan fingerprint density at radius 3 is 2.72 bits per heavy atom. The highest BCUT2D eigenvalue weighted by atomic mass is 35.5. The molecule has 6 nitrogen and oxygen atoms in total. The maximum Gasteiger partial charge on any atom is 0.259 e. The van der Waals surface area contributed by atoms with Crippen LogP contribution in [0.4, 0.5) is 5.13 Å². The smallest absolute Gasteiger partial charge is 0.259 e. The van der Waals surface area contributed by atoms with Gasteiger partial charge in [-0.2, -0.15) is 0 Å². The van der Waals surface area contributed by atoms with E-state index in [0.29, 0.717) is 39.1 Å². The molecule has 0 aliphatic rings. The van der Waals surface area contributed by atoms with Gasteiger partial charge in [0.2, 0.25) is 0 Å². The molecule has 0 spiro atoms. The third-order valence-corrected chi connectivity index (χ3v) is 5.66. The number of aromatic nitrogens is 3. The van der Waals surface area contributed by atoms with Crippen LogP contribution in [-0.2, 0) is 0 Å². The lowest BCUT2D eigenvalue weighted by atomic mass is 10.1. The molecule has 0 unspecified atom stereocenters. The van der Waals surface area contributed by atoms with Crippen LogP contribution in [0.15, 0.2) is 54.9 Å². The average Bonchev–Trinajstić information content (AvgIpc) is 3.15. The molecule has 3 heterocycles. The molecular weight excluding hydrogens is 408 g/mol. The first kappa shape index (κ1) is 19.4. The molecule has 4 aromatic rings. The summed E-state index contributed by atoms with van der Waals surface area (Å²) in [5.41, 5.74) is 2.95. The van der Waals surface area contributed by atoms with Crippen molar-refractivity contribution in [1.29, 1.82) is 0 Å². The molecule has 4 rings (SSSR count). The molecule has 0 fully saturated rings. The number of hydrogen-bond donors (Lipinski definition) is 2. The fraction of sp³-hybridized carbons (Fsp3) is 0.143. The van der Waals surface area contributed by atoms with E-state index in [1.807, 2.05) is 31.2 Å². The Labute approximate surface area is 176 Å². The molecule has 8 heteroatoms. The number of carbonyl (C=O) groups excluding carboxylic acids is 1. The van der Waals surface area contributed by atoms with E-state index in [9.17, 15) is 9.90 Å². The van der Waals surface area contributed by atoms with Crippen LogP contribution in [0.1, 0.15) is 35.4 Å². The normalized spacial score (nSPS) is 12.1. The number of fused-ring (bicyclic) bond motifs is 1. The summed E-state index contributed by atoms with van der Waals surface area (Å²) in [6.45, 7) is 1.88. The lowest BCUT2D eigenvalue weighted by Gasteiger charge is -2.10. The lowest BCUT2D eigenvalue weighted by Crippen LogP contribution is -2.12. The summed E-state index contributed by atoms with van der Waals surface area (Å²) >= 11 is 7.73. The van der Waals surface area contributed by atoms with Gasteiger partial charge in [-0.1, -0.05) is 42.0 Å². The largest absolute Gasteiger partial charge is 0.388 e. The van der Waals surface area contributed by atoms with Crippen LogP contribution in [0.2, 0.25) is 5.02 Å². The quantitative estimate of drug-likeness (QED) is 0.465. The van der Waals surface area contributed by atoms with Gasteiger partial charge in [0.15, 0.2) is 5.13 Å². The van der Waals surface area contributed by atoms with E-state index in [-0.39, 0.29) is 5.91 Å². The number of anilines is 1. The summed E-state index contributed by atoms with van der Waals surface area (Å²) in [5, 5.41) is 13.7. The van der Waals surface area contributed by atoms with Crippen molar-refractivity contribution in [3.8, 4) is 11.4 Å². The number of nitrogens with zero attached hydrogens (tertiary/aromatic N) is 3. The summed E-state index contributed by atoms with van der Waals surface area (Å²) in [6, 6.07) is 12.7. The molecule has 0 radical (unpaired) electrons. The fourth-order valence-electron chi connectivity index (χ4n) is 2.82. The van der Waals surface area contributed by atoms with E-state index >= 15 is 0 Å². The van der Waals surface area contributed by atoms with E-state index in [1.54, 1.807) is 24.4 Å². The number of aliphatic hydroxyl groups is 1.